The predicted molar refractivity (Wildman–Crippen MR) is 64.1 cm³/mol. The summed E-state index contributed by atoms with van der Waals surface area (Å²) in [6.45, 7) is 0. The fraction of sp³-hybridized carbons (Fsp3) is 0.500. The van der Waals surface area contributed by atoms with E-state index in [4.69, 9.17) is 5.73 Å². The molecule has 0 saturated carbocycles. The highest BCUT2D eigenvalue weighted by molar-refractivity contribution is 8.01. The molecule has 0 aliphatic carbocycles. The molecule has 17 heavy (non-hydrogen) atoms. The lowest BCUT2D eigenvalue weighted by Crippen LogP contribution is -2.66. The van der Waals surface area contributed by atoms with E-state index in [-0.39, 0.29) is 17.3 Å². The Labute approximate surface area is 106 Å². The molecule has 90 valence electrons. The second-order valence-electron chi connectivity index (χ2n) is 3.74. The zero-order chi connectivity index (χ0) is 11.8. The lowest BCUT2D eigenvalue weighted by molar-refractivity contribution is -0.140. The molecular formula is C8H10N6OS2. The number of nitrogens with one attached hydrogen (secondary N) is 1. The average Bonchev–Trinajstić information content (AvgIpc) is 2.88. The van der Waals surface area contributed by atoms with E-state index in [2.05, 4.69) is 20.6 Å². The summed E-state index contributed by atoms with van der Waals surface area (Å²) in [7, 11) is 0. The fourth-order valence-electron chi connectivity index (χ4n) is 1.71. The van der Waals surface area contributed by atoms with E-state index in [1.165, 1.54) is 17.3 Å². The van der Waals surface area contributed by atoms with E-state index in [1.807, 2.05) is 6.20 Å². The second kappa shape index (κ2) is 4.31. The number of tetrazole rings is 1. The number of amides is 1. The van der Waals surface area contributed by atoms with Crippen molar-refractivity contribution in [1.29, 1.82) is 0 Å². The van der Waals surface area contributed by atoms with E-state index in [0.29, 0.717) is 5.16 Å². The van der Waals surface area contributed by atoms with Gasteiger partial charge in [0.05, 0.1) is 0 Å². The number of aromatic amines is 1. The summed E-state index contributed by atoms with van der Waals surface area (Å²) in [4.78, 5) is 13.2. The van der Waals surface area contributed by atoms with Crippen molar-refractivity contribution in [3.05, 3.63) is 11.8 Å². The number of thioether (sulfide) groups is 2. The van der Waals surface area contributed by atoms with Crippen molar-refractivity contribution in [2.24, 2.45) is 5.73 Å². The molecule has 1 aromatic heterocycles. The number of nitrogens with zero attached hydrogens (tertiary/aromatic N) is 4. The minimum Gasteiger partial charge on any atom is -0.317 e. The van der Waals surface area contributed by atoms with Crippen LogP contribution in [0.3, 0.4) is 0 Å². The van der Waals surface area contributed by atoms with Crippen LogP contribution in [-0.4, -0.2) is 54.4 Å². The Morgan fingerprint density at radius 1 is 1.71 bits per heavy atom. The van der Waals surface area contributed by atoms with Crippen LogP contribution >= 0.6 is 23.5 Å². The summed E-state index contributed by atoms with van der Waals surface area (Å²) >= 11 is 3.20. The summed E-state index contributed by atoms with van der Waals surface area (Å²) < 4.78 is 0. The largest absolute Gasteiger partial charge is 0.317 e. The molecule has 9 heteroatoms. The van der Waals surface area contributed by atoms with Gasteiger partial charge in [-0.3, -0.25) is 4.79 Å². The van der Waals surface area contributed by atoms with Crippen LogP contribution in [0.4, 0.5) is 0 Å². The van der Waals surface area contributed by atoms with Crippen LogP contribution in [0.1, 0.15) is 0 Å². The van der Waals surface area contributed by atoms with Crippen LogP contribution in [0.2, 0.25) is 0 Å². The highest BCUT2D eigenvalue weighted by Gasteiger charge is 2.46. The van der Waals surface area contributed by atoms with E-state index >= 15 is 0 Å². The van der Waals surface area contributed by atoms with Crippen LogP contribution in [0.25, 0.3) is 0 Å². The van der Waals surface area contributed by atoms with Gasteiger partial charge in [-0.25, -0.2) is 0 Å². The molecule has 1 fully saturated rings. The van der Waals surface area contributed by atoms with Gasteiger partial charge in [-0.05, 0) is 10.8 Å². The first kappa shape index (κ1) is 11.1. The van der Waals surface area contributed by atoms with Gasteiger partial charge < -0.3 is 10.6 Å². The second-order valence-corrected chi connectivity index (χ2v) is 5.79. The molecule has 1 saturated heterocycles. The van der Waals surface area contributed by atoms with Gasteiger partial charge >= 0.3 is 0 Å². The molecule has 0 radical (unpaired) electrons. The maximum atomic E-state index is 11.5. The number of nitrogens with two attached hydrogens (primary N) is 1. The number of H-pyrrole nitrogens is 1. The van der Waals surface area contributed by atoms with Gasteiger partial charge in [0.15, 0.2) is 0 Å². The van der Waals surface area contributed by atoms with Gasteiger partial charge in [0.1, 0.15) is 11.4 Å². The molecule has 3 N–H and O–H groups in total. The SMILES string of the molecule is NC1C(=O)N2C=C(CSc3nn[nH]n3)CS[C@H]12. The van der Waals surface area contributed by atoms with E-state index in [0.717, 1.165) is 11.5 Å². The number of carbonyl (C=O) groups is 1. The minimum absolute atomic E-state index is 0.00395. The first-order valence-corrected chi connectivity index (χ1v) is 7.04. The zero-order valence-corrected chi connectivity index (χ0v) is 10.4. The van der Waals surface area contributed by atoms with Crippen molar-refractivity contribution in [2.45, 2.75) is 16.6 Å². The third kappa shape index (κ3) is 1.94. The standard InChI is InChI=1S/C8H10N6OS2/c9-5-6(15)14-1-4(2-16-7(5)14)3-17-8-10-12-13-11-8/h1,5,7H,2-3,9H2,(H,10,11,12,13)/t5?,7-/m1/s1. The number of β-lactam (4-membered cyclic amide) rings is 1. The molecule has 2 aliphatic rings. The van der Waals surface area contributed by atoms with Crippen molar-refractivity contribution in [1.82, 2.24) is 25.5 Å². The lowest BCUT2D eigenvalue weighted by atomic mass is 10.1. The number of fused-ring (bicyclic) bond motifs is 1. The Bertz CT molecular complexity index is 461. The minimum atomic E-state index is -0.331. The molecule has 3 rings (SSSR count). The van der Waals surface area contributed by atoms with Gasteiger partial charge in [-0.2, -0.15) is 5.21 Å². The Morgan fingerprint density at radius 2 is 2.59 bits per heavy atom. The van der Waals surface area contributed by atoms with Crippen LogP contribution in [0.5, 0.6) is 0 Å². The van der Waals surface area contributed by atoms with E-state index in [1.54, 1.807) is 16.7 Å². The van der Waals surface area contributed by atoms with Gasteiger partial charge in [0.25, 0.3) is 0 Å². The molecule has 0 bridgehead atoms. The average molecular weight is 270 g/mol. The predicted octanol–water partition coefficient (Wildman–Crippen LogP) is -0.582. The highest BCUT2D eigenvalue weighted by atomic mass is 32.2. The Hall–Kier alpha value is -1.06. The summed E-state index contributed by atoms with van der Waals surface area (Å²) in [5.41, 5.74) is 6.88. The molecule has 1 amide bonds. The third-order valence-corrected chi connectivity index (χ3v) is 4.94. The van der Waals surface area contributed by atoms with Crippen LogP contribution in [0, 0.1) is 0 Å². The molecule has 1 aromatic rings. The van der Waals surface area contributed by atoms with E-state index in [9.17, 15) is 4.79 Å². The van der Waals surface area contributed by atoms with Crippen LogP contribution in [-0.2, 0) is 4.79 Å². The fourth-order valence-corrected chi connectivity index (χ4v) is 3.74. The molecule has 0 spiro atoms. The van der Waals surface area contributed by atoms with Crippen molar-refractivity contribution in [2.75, 3.05) is 11.5 Å². The first-order chi connectivity index (χ1) is 8.25. The van der Waals surface area contributed by atoms with Gasteiger partial charge in [0.2, 0.25) is 11.1 Å². The lowest BCUT2D eigenvalue weighted by Gasteiger charge is -2.45. The topological polar surface area (TPSA) is 101 Å². The Kier molecular flexibility index (Phi) is 2.81. The van der Waals surface area contributed by atoms with E-state index < -0.39 is 0 Å². The number of hydrogen-bond acceptors (Lipinski definition) is 7. The van der Waals surface area contributed by atoms with Gasteiger partial charge in [0, 0.05) is 17.7 Å². The van der Waals surface area contributed by atoms with Crippen molar-refractivity contribution >= 4 is 29.4 Å². The van der Waals surface area contributed by atoms with Crippen LogP contribution < -0.4 is 5.73 Å². The first-order valence-electron chi connectivity index (χ1n) is 5.01. The summed E-state index contributed by atoms with van der Waals surface area (Å²) in [5, 5.41) is 14.3. The number of aromatic nitrogens is 4. The van der Waals surface area contributed by atoms with Crippen molar-refractivity contribution in [3.8, 4) is 0 Å². The molecular weight excluding hydrogens is 260 g/mol. The summed E-state index contributed by atoms with van der Waals surface area (Å²) in [6.07, 6.45) is 1.90. The molecule has 3 heterocycles. The highest BCUT2D eigenvalue weighted by Crippen LogP contribution is 2.36. The molecule has 1 unspecified atom stereocenters. The van der Waals surface area contributed by atoms with Crippen molar-refractivity contribution < 1.29 is 4.79 Å². The van der Waals surface area contributed by atoms with Gasteiger partial charge in [-0.1, -0.05) is 11.8 Å². The summed E-state index contributed by atoms with van der Waals surface area (Å²) in [6, 6.07) is -0.331. The molecule has 2 aliphatic heterocycles. The molecule has 0 aromatic carbocycles. The number of carbonyl (C=O) groups excluding carboxylic acids is 1. The number of rotatable bonds is 3. The monoisotopic (exact) mass is 270 g/mol. The Balaban J connectivity index is 1.62. The number of hydrogen-bond donors (Lipinski definition) is 2. The van der Waals surface area contributed by atoms with Gasteiger partial charge in [-0.15, -0.1) is 22.0 Å². The normalized spacial score (nSPS) is 27.5. The molecule has 7 nitrogen and oxygen atoms in total. The third-order valence-electron chi connectivity index (χ3n) is 2.59. The maximum absolute atomic E-state index is 11.5. The van der Waals surface area contributed by atoms with Crippen LogP contribution in [0.15, 0.2) is 16.9 Å². The maximum Gasteiger partial charge on any atom is 0.247 e. The van der Waals surface area contributed by atoms with Crippen molar-refractivity contribution in [3.63, 3.8) is 0 Å². The zero-order valence-electron chi connectivity index (χ0n) is 8.74. The molecule has 2 atom stereocenters. The quantitative estimate of drug-likeness (QED) is 0.559. The smallest absolute Gasteiger partial charge is 0.247 e. The Morgan fingerprint density at radius 3 is 3.35 bits per heavy atom. The summed E-state index contributed by atoms with van der Waals surface area (Å²) in [5.74, 6) is 1.66.